The van der Waals surface area contributed by atoms with Gasteiger partial charge in [0.15, 0.2) is 0 Å². The van der Waals surface area contributed by atoms with Gasteiger partial charge in [-0.05, 0) is 32.2 Å². The lowest BCUT2D eigenvalue weighted by atomic mass is 10.2. The Morgan fingerprint density at radius 1 is 1.50 bits per heavy atom. The summed E-state index contributed by atoms with van der Waals surface area (Å²) in [7, 11) is 0. The van der Waals surface area contributed by atoms with Crippen LogP contribution in [0.25, 0.3) is 0 Å². The fourth-order valence-electron chi connectivity index (χ4n) is 1.73. The van der Waals surface area contributed by atoms with E-state index in [1.54, 1.807) is 0 Å². The van der Waals surface area contributed by atoms with E-state index in [2.05, 4.69) is 25.7 Å². The first-order chi connectivity index (χ1) is 4.70. The van der Waals surface area contributed by atoms with E-state index in [1.165, 1.54) is 25.9 Å². The van der Waals surface area contributed by atoms with Gasteiger partial charge in [0.25, 0.3) is 0 Å². The van der Waals surface area contributed by atoms with Gasteiger partial charge in [-0.2, -0.15) is 0 Å². The van der Waals surface area contributed by atoms with E-state index in [1.807, 2.05) is 0 Å². The molecule has 1 nitrogen and oxygen atoms in total. The van der Waals surface area contributed by atoms with Gasteiger partial charge in [0.05, 0.1) is 0 Å². The maximum Gasteiger partial charge on any atom is 0.00675 e. The summed E-state index contributed by atoms with van der Waals surface area (Å²) in [5.41, 5.74) is 0. The van der Waals surface area contributed by atoms with E-state index in [9.17, 15) is 0 Å². The van der Waals surface area contributed by atoms with Crippen molar-refractivity contribution < 1.29 is 0 Å². The number of likely N-dealkylation sites (tertiary alicyclic amines) is 1. The number of hydrogen-bond acceptors (Lipinski definition) is 1. The van der Waals surface area contributed by atoms with Crippen molar-refractivity contribution in [1.82, 2.24) is 4.90 Å². The van der Waals surface area contributed by atoms with Crippen LogP contribution < -0.4 is 0 Å². The first kappa shape index (κ1) is 8.06. The molecule has 0 aliphatic carbocycles. The van der Waals surface area contributed by atoms with E-state index in [4.69, 9.17) is 0 Å². The zero-order valence-electron chi connectivity index (χ0n) is 7.43. The molecule has 0 radical (unpaired) electrons. The van der Waals surface area contributed by atoms with Crippen molar-refractivity contribution in [2.75, 3.05) is 13.1 Å². The number of rotatable bonds is 2. The van der Waals surface area contributed by atoms with Gasteiger partial charge in [0.2, 0.25) is 0 Å². The van der Waals surface area contributed by atoms with Crippen molar-refractivity contribution in [3.8, 4) is 0 Å². The molecule has 0 saturated carbocycles. The fourth-order valence-corrected chi connectivity index (χ4v) is 1.73. The average Bonchev–Trinajstić information content (AvgIpc) is 2.15. The molecular weight excluding hydrogens is 122 g/mol. The molecule has 0 aromatic rings. The van der Waals surface area contributed by atoms with Crippen molar-refractivity contribution in [3.63, 3.8) is 0 Å². The lowest BCUT2D eigenvalue weighted by Crippen LogP contribution is -2.30. The molecule has 0 unspecified atom stereocenters. The van der Waals surface area contributed by atoms with Crippen molar-refractivity contribution in [3.05, 3.63) is 0 Å². The quantitative estimate of drug-likeness (QED) is 0.569. The molecule has 1 heteroatoms. The average molecular weight is 141 g/mol. The Morgan fingerprint density at radius 2 is 2.20 bits per heavy atom. The molecule has 0 spiro atoms. The molecule has 1 aliphatic rings. The summed E-state index contributed by atoms with van der Waals surface area (Å²) in [6, 6.07) is 0.849. The summed E-state index contributed by atoms with van der Waals surface area (Å²) in [6.07, 6.45) is 2.82. The molecule has 0 N–H and O–H groups in total. The third kappa shape index (κ3) is 1.98. The van der Waals surface area contributed by atoms with Crippen LogP contribution in [0.1, 0.15) is 33.6 Å². The molecule has 60 valence electrons. The molecule has 1 aliphatic heterocycles. The van der Waals surface area contributed by atoms with E-state index in [-0.39, 0.29) is 0 Å². The Morgan fingerprint density at radius 3 is 2.60 bits per heavy atom. The summed E-state index contributed by atoms with van der Waals surface area (Å²) < 4.78 is 0. The van der Waals surface area contributed by atoms with Crippen LogP contribution in [0.2, 0.25) is 0 Å². The Labute approximate surface area is 64.4 Å². The molecule has 10 heavy (non-hydrogen) atoms. The third-order valence-corrected chi connectivity index (χ3v) is 2.29. The van der Waals surface area contributed by atoms with Gasteiger partial charge in [0.1, 0.15) is 0 Å². The van der Waals surface area contributed by atoms with Crippen molar-refractivity contribution in [2.45, 2.75) is 39.7 Å². The molecule has 1 atom stereocenters. The van der Waals surface area contributed by atoms with Gasteiger partial charge in [0, 0.05) is 12.6 Å². The SMILES string of the molecule is CC(C)CN1CCC[C@H]1C. The van der Waals surface area contributed by atoms with Gasteiger partial charge in [-0.3, -0.25) is 0 Å². The maximum absolute atomic E-state index is 2.60. The Hall–Kier alpha value is -0.0400. The minimum Gasteiger partial charge on any atom is -0.300 e. The monoisotopic (exact) mass is 141 g/mol. The number of nitrogens with zero attached hydrogens (tertiary/aromatic N) is 1. The first-order valence-corrected chi connectivity index (χ1v) is 4.44. The van der Waals surface area contributed by atoms with E-state index >= 15 is 0 Å². The molecule has 0 bridgehead atoms. The predicted octanol–water partition coefficient (Wildman–Crippen LogP) is 2.13. The van der Waals surface area contributed by atoms with Crippen LogP contribution >= 0.6 is 0 Å². The number of hydrogen-bond donors (Lipinski definition) is 0. The Kier molecular flexibility index (Phi) is 2.72. The third-order valence-electron chi connectivity index (χ3n) is 2.29. The van der Waals surface area contributed by atoms with Gasteiger partial charge in [-0.15, -0.1) is 0 Å². The molecule has 0 aromatic carbocycles. The lowest BCUT2D eigenvalue weighted by Gasteiger charge is -2.22. The zero-order valence-corrected chi connectivity index (χ0v) is 7.43. The highest BCUT2D eigenvalue weighted by Crippen LogP contribution is 2.17. The summed E-state index contributed by atoms with van der Waals surface area (Å²) in [6.45, 7) is 9.56. The van der Waals surface area contributed by atoms with Crippen LogP contribution in [0.3, 0.4) is 0 Å². The molecule has 1 rings (SSSR count). The van der Waals surface area contributed by atoms with E-state index in [0.29, 0.717) is 0 Å². The van der Waals surface area contributed by atoms with Crippen molar-refractivity contribution in [2.24, 2.45) is 5.92 Å². The second-order valence-corrected chi connectivity index (χ2v) is 3.88. The summed E-state index contributed by atoms with van der Waals surface area (Å²) in [5.74, 6) is 0.834. The zero-order chi connectivity index (χ0) is 7.56. The standard InChI is InChI=1S/C9H19N/c1-8(2)7-10-6-4-5-9(10)3/h8-9H,4-7H2,1-3H3/t9-/m1/s1. The van der Waals surface area contributed by atoms with Crippen LogP contribution in [0.4, 0.5) is 0 Å². The van der Waals surface area contributed by atoms with Crippen molar-refractivity contribution in [1.29, 1.82) is 0 Å². The molecule has 0 amide bonds. The Bertz CT molecular complexity index is 98.9. The van der Waals surface area contributed by atoms with Crippen LogP contribution in [0, 0.1) is 5.92 Å². The highest BCUT2D eigenvalue weighted by Gasteiger charge is 2.19. The molecule has 1 heterocycles. The minimum atomic E-state index is 0.834. The van der Waals surface area contributed by atoms with Gasteiger partial charge in [-0.1, -0.05) is 13.8 Å². The fraction of sp³-hybridized carbons (Fsp3) is 1.00. The topological polar surface area (TPSA) is 3.24 Å². The van der Waals surface area contributed by atoms with Crippen LogP contribution in [0.15, 0.2) is 0 Å². The molecule has 0 aromatic heterocycles. The summed E-state index contributed by atoms with van der Waals surface area (Å²) in [4.78, 5) is 2.60. The van der Waals surface area contributed by atoms with Crippen LogP contribution in [0.5, 0.6) is 0 Å². The maximum atomic E-state index is 2.60. The molecular formula is C9H19N. The minimum absolute atomic E-state index is 0.834. The highest BCUT2D eigenvalue weighted by atomic mass is 15.2. The second-order valence-electron chi connectivity index (χ2n) is 3.88. The highest BCUT2D eigenvalue weighted by molar-refractivity contribution is 4.75. The lowest BCUT2D eigenvalue weighted by molar-refractivity contribution is 0.239. The molecule has 1 fully saturated rings. The first-order valence-electron chi connectivity index (χ1n) is 4.44. The smallest absolute Gasteiger partial charge is 0.00675 e. The normalized spacial score (nSPS) is 28.2. The van der Waals surface area contributed by atoms with Gasteiger partial charge in [-0.25, -0.2) is 0 Å². The summed E-state index contributed by atoms with van der Waals surface area (Å²) >= 11 is 0. The van der Waals surface area contributed by atoms with E-state index < -0.39 is 0 Å². The van der Waals surface area contributed by atoms with Gasteiger partial charge < -0.3 is 4.90 Å². The van der Waals surface area contributed by atoms with Crippen LogP contribution in [-0.2, 0) is 0 Å². The predicted molar refractivity (Wildman–Crippen MR) is 45.1 cm³/mol. The summed E-state index contributed by atoms with van der Waals surface area (Å²) in [5, 5.41) is 0. The van der Waals surface area contributed by atoms with Gasteiger partial charge >= 0.3 is 0 Å². The molecule has 1 saturated heterocycles. The van der Waals surface area contributed by atoms with E-state index in [0.717, 1.165) is 12.0 Å². The van der Waals surface area contributed by atoms with Crippen molar-refractivity contribution >= 4 is 0 Å². The second kappa shape index (κ2) is 3.38. The van der Waals surface area contributed by atoms with Crippen LogP contribution in [-0.4, -0.2) is 24.0 Å². The Balaban J connectivity index is 2.26. The largest absolute Gasteiger partial charge is 0.300 e.